The van der Waals surface area contributed by atoms with E-state index in [0.717, 1.165) is 11.3 Å². The first-order chi connectivity index (χ1) is 9.29. The summed E-state index contributed by atoms with van der Waals surface area (Å²) in [7, 11) is 0. The Bertz CT molecular complexity index is 697. The van der Waals surface area contributed by atoms with E-state index in [1.807, 2.05) is 31.2 Å². The van der Waals surface area contributed by atoms with E-state index in [4.69, 9.17) is 4.42 Å². The maximum absolute atomic E-state index is 11.1. The molecule has 0 saturated heterocycles. The van der Waals surface area contributed by atoms with Gasteiger partial charge in [0.05, 0.1) is 12.0 Å². The van der Waals surface area contributed by atoms with Gasteiger partial charge in [-0.2, -0.15) is 0 Å². The second-order valence-corrected chi connectivity index (χ2v) is 4.17. The van der Waals surface area contributed by atoms with Gasteiger partial charge in [0.25, 0.3) is 0 Å². The maximum Gasteiger partial charge on any atom is 0.172 e. The largest absolute Gasteiger partial charge is 0.463 e. The lowest BCUT2D eigenvalue weighted by Crippen LogP contribution is -1.99. The maximum atomic E-state index is 11.1. The number of carbonyl (C=O) groups excluding carboxylic acids is 1. The van der Waals surface area contributed by atoms with Crippen molar-refractivity contribution in [1.29, 1.82) is 0 Å². The highest BCUT2D eigenvalue weighted by atomic mass is 16.3. The van der Waals surface area contributed by atoms with Gasteiger partial charge in [-0.25, -0.2) is 4.68 Å². The molecule has 3 aromatic rings. The van der Waals surface area contributed by atoms with Crippen molar-refractivity contribution in [3.63, 3.8) is 0 Å². The minimum absolute atomic E-state index is 0.260. The molecule has 0 aliphatic rings. The number of furan rings is 1. The molecule has 3 rings (SSSR count). The summed E-state index contributed by atoms with van der Waals surface area (Å²) in [4.78, 5) is 11.1. The third kappa shape index (κ3) is 1.95. The summed E-state index contributed by atoms with van der Waals surface area (Å²) >= 11 is 0. The van der Waals surface area contributed by atoms with E-state index in [1.54, 1.807) is 23.1 Å². The Morgan fingerprint density at radius 1 is 1.21 bits per heavy atom. The van der Waals surface area contributed by atoms with Gasteiger partial charge in [-0.3, -0.25) is 4.79 Å². The molecular formula is C14H11N3O2. The summed E-state index contributed by atoms with van der Waals surface area (Å²) in [5.74, 6) is 0.563. The van der Waals surface area contributed by atoms with Gasteiger partial charge >= 0.3 is 0 Å². The standard InChI is InChI=1S/C14H11N3O2/c1-10-4-6-11(7-5-10)17-14(12(9-18)15-16-17)13-3-2-8-19-13/h2-9H,1H3. The van der Waals surface area contributed by atoms with Crippen LogP contribution in [0.1, 0.15) is 16.1 Å². The van der Waals surface area contributed by atoms with Crippen LogP contribution in [-0.4, -0.2) is 21.3 Å². The van der Waals surface area contributed by atoms with Gasteiger partial charge in [-0.15, -0.1) is 5.10 Å². The topological polar surface area (TPSA) is 60.9 Å². The molecule has 0 N–H and O–H groups in total. The summed E-state index contributed by atoms with van der Waals surface area (Å²) in [5.41, 5.74) is 2.80. The van der Waals surface area contributed by atoms with Crippen LogP contribution >= 0.6 is 0 Å². The normalized spacial score (nSPS) is 10.6. The molecule has 0 spiro atoms. The Morgan fingerprint density at radius 3 is 2.63 bits per heavy atom. The van der Waals surface area contributed by atoms with Gasteiger partial charge in [0.2, 0.25) is 0 Å². The van der Waals surface area contributed by atoms with Crippen LogP contribution in [0.3, 0.4) is 0 Å². The van der Waals surface area contributed by atoms with E-state index in [-0.39, 0.29) is 5.69 Å². The first kappa shape index (κ1) is 11.4. The van der Waals surface area contributed by atoms with Crippen molar-refractivity contribution in [3.05, 3.63) is 53.9 Å². The molecule has 2 aromatic heterocycles. The van der Waals surface area contributed by atoms with E-state index in [2.05, 4.69) is 10.3 Å². The van der Waals surface area contributed by atoms with Crippen LogP contribution < -0.4 is 0 Å². The number of hydrogen-bond acceptors (Lipinski definition) is 4. The fraction of sp³-hybridized carbons (Fsp3) is 0.0714. The van der Waals surface area contributed by atoms with Gasteiger partial charge in [-0.05, 0) is 31.2 Å². The molecule has 0 amide bonds. The highest BCUT2D eigenvalue weighted by Gasteiger charge is 2.17. The highest BCUT2D eigenvalue weighted by molar-refractivity contribution is 5.82. The van der Waals surface area contributed by atoms with Gasteiger partial charge < -0.3 is 4.42 Å². The van der Waals surface area contributed by atoms with Gasteiger partial charge in [0.1, 0.15) is 5.69 Å². The fourth-order valence-corrected chi connectivity index (χ4v) is 1.88. The molecule has 0 aliphatic heterocycles. The summed E-state index contributed by atoms with van der Waals surface area (Å²) in [6.45, 7) is 2.01. The molecule has 0 bridgehead atoms. The van der Waals surface area contributed by atoms with E-state index in [0.29, 0.717) is 17.7 Å². The van der Waals surface area contributed by atoms with E-state index < -0.39 is 0 Å². The lowest BCUT2D eigenvalue weighted by molar-refractivity contribution is 0.111. The van der Waals surface area contributed by atoms with Crippen molar-refractivity contribution in [3.8, 4) is 17.1 Å². The van der Waals surface area contributed by atoms with Crippen LogP contribution in [0, 0.1) is 6.92 Å². The third-order valence-corrected chi connectivity index (χ3v) is 2.84. The van der Waals surface area contributed by atoms with Crippen LogP contribution in [0.4, 0.5) is 0 Å². The Labute approximate surface area is 109 Å². The average molecular weight is 253 g/mol. The smallest absolute Gasteiger partial charge is 0.172 e. The molecule has 0 aliphatic carbocycles. The predicted octanol–water partition coefficient (Wildman–Crippen LogP) is 2.65. The Morgan fingerprint density at radius 2 is 2.00 bits per heavy atom. The molecule has 5 heteroatoms. The van der Waals surface area contributed by atoms with Crippen molar-refractivity contribution >= 4 is 6.29 Å². The SMILES string of the molecule is Cc1ccc(-n2nnc(C=O)c2-c2ccco2)cc1. The number of carbonyl (C=O) groups is 1. The van der Waals surface area contributed by atoms with E-state index in [9.17, 15) is 4.79 Å². The monoisotopic (exact) mass is 253 g/mol. The first-order valence-corrected chi connectivity index (χ1v) is 5.81. The van der Waals surface area contributed by atoms with Crippen LogP contribution in [0.2, 0.25) is 0 Å². The number of aryl methyl sites for hydroxylation is 1. The van der Waals surface area contributed by atoms with E-state index in [1.165, 1.54) is 0 Å². The van der Waals surface area contributed by atoms with Crippen molar-refractivity contribution in [1.82, 2.24) is 15.0 Å². The minimum atomic E-state index is 0.260. The molecule has 1 aromatic carbocycles. The zero-order valence-corrected chi connectivity index (χ0v) is 10.3. The number of rotatable bonds is 3. The van der Waals surface area contributed by atoms with Crippen molar-refractivity contribution in [2.75, 3.05) is 0 Å². The van der Waals surface area contributed by atoms with Crippen LogP contribution in [0.15, 0.2) is 47.1 Å². The van der Waals surface area contributed by atoms with Crippen molar-refractivity contribution < 1.29 is 9.21 Å². The van der Waals surface area contributed by atoms with Crippen LogP contribution in [-0.2, 0) is 0 Å². The van der Waals surface area contributed by atoms with Gasteiger partial charge in [0, 0.05) is 0 Å². The molecule has 0 fully saturated rings. The second-order valence-electron chi connectivity index (χ2n) is 4.17. The lowest BCUT2D eigenvalue weighted by atomic mass is 10.2. The number of benzene rings is 1. The minimum Gasteiger partial charge on any atom is -0.463 e. The molecule has 19 heavy (non-hydrogen) atoms. The Kier molecular flexibility index (Phi) is 2.72. The quantitative estimate of drug-likeness (QED) is 0.673. The summed E-state index contributed by atoms with van der Waals surface area (Å²) in [5, 5.41) is 7.89. The predicted molar refractivity (Wildman–Crippen MR) is 69.2 cm³/mol. The zero-order valence-electron chi connectivity index (χ0n) is 10.3. The third-order valence-electron chi connectivity index (χ3n) is 2.84. The Hall–Kier alpha value is -2.69. The molecule has 2 heterocycles. The molecule has 5 nitrogen and oxygen atoms in total. The molecule has 0 saturated carbocycles. The Balaban J connectivity index is 2.19. The van der Waals surface area contributed by atoms with Crippen molar-refractivity contribution in [2.45, 2.75) is 6.92 Å². The van der Waals surface area contributed by atoms with Gasteiger partial charge in [-0.1, -0.05) is 22.9 Å². The average Bonchev–Trinajstić information content (AvgIpc) is 3.07. The highest BCUT2D eigenvalue weighted by Crippen LogP contribution is 2.24. The van der Waals surface area contributed by atoms with E-state index >= 15 is 0 Å². The number of aromatic nitrogens is 3. The molecular weight excluding hydrogens is 242 g/mol. The van der Waals surface area contributed by atoms with Crippen LogP contribution in [0.25, 0.3) is 17.1 Å². The second kappa shape index (κ2) is 4.53. The number of nitrogens with zero attached hydrogens (tertiary/aromatic N) is 3. The lowest BCUT2D eigenvalue weighted by Gasteiger charge is -2.04. The fourth-order valence-electron chi connectivity index (χ4n) is 1.88. The summed E-state index contributed by atoms with van der Waals surface area (Å²) in [6, 6.07) is 11.3. The van der Waals surface area contributed by atoms with Gasteiger partial charge in [0.15, 0.2) is 17.7 Å². The summed E-state index contributed by atoms with van der Waals surface area (Å²) in [6.07, 6.45) is 2.23. The molecule has 0 atom stereocenters. The first-order valence-electron chi connectivity index (χ1n) is 5.81. The van der Waals surface area contributed by atoms with Crippen molar-refractivity contribution in [2.24, 2.45) is 0 Å². The van der Waals surface area contributed by atoms with Crippen LogP contribution in [0.5, 0.6) is 0 Å². The zero-order chi connectivity index (χ0) is 13.2. The number of hydrogen-bond donors (Lipinski definition) is 0. The molecule has 94 valence electrons. The summed E-state index contributed by atoms with van der Waals surface area (Å²) < 4.78 is 6.95. The molecule has 0 unspecified atom stereocenters. The number of aldehydes is 1. The molecule has 0 radical (unpaired) electrons.